The van der Waals surface area contributed by atoms with Gasteiger partial charge in [0.2, 0.25) is 5.91 Å². The first-order chi connectivity index (χ1) is 11.2. The van der Waals surface area contributed by atoms with Crippen LogP contribution in [0.15, 0.2) is 60.7 Å². The number of hydrogen-bond donors (Lipinski definition) is 0. The molecular weight excluding hydrogens is 290 g/mol. The number of ether oxygens (including phenoxy) is 1. The van der Waals surface area contributed by atoms with E-state index in [1.165, 1.54) is 7.11 Å². The summed E-state index contributed by atoms with van der Waals surface area (Å²) < 4.78 is 4.91. The maximum Gasteiger partial charge on any atom is 0.311 e. The average molecular weight is 309 g/mol. The number of esters is 1. The summed E-state index contributed by atoms with van der Waals surface area (Å²) in [7, 11) is 1.37. The molecule has 0 N–H and O–H groups in total. The van der Waals surface area contributed by atoms with Crippen LogP contribution in [0.25, 0.3) is 0 Å². The van der Waals surface area contributed by atoms with Crippen LogP contribution >= 0.6 is 0 Å². The maximum atomic E-state index is 12.5. The van der Waals surface area contributed by atoms with E-state index < -0.39 is 5.92 Å². The van der Waals surface area contributed by atoms with Crippen molar-refractivity contribution in [1.29, 1.82) is 0 Å². The number of amides is 1. The topological polar surface area (TPSA) is 46.6 Å². The Morgan fingerprint density at radius 1 is 1.09 bits per heavy atom. The molecule has 0 aliphatic carbocycles. The number of rotatable bonds is 4. The van der Waals surface area contributed by atoms with E-state index in [1.54, 1.807) is 4.90 Å². The highest BCUT2D eigenvalue weighted by atomic mass is 16.5. The van der Waals surface area contributed by atoms with Crippen LogP contribution in [-0.4, -0.2) is 23.9 Å². The van der Waals surface area contributed by atoms with Crippen molar-refractivity contribution in [3.05, 3.63) is 71.8 Å². The highest BCUT2D eigenvalue weighted by Crippen LogP contribution is 2.39. The molecule has 1 saturated heterocycles. The number of carbonyl (C=O) groups excluding carboxylic acids is 2. The molecule has 4 heteroatoms. The molecule has 2 aromatic rings. The molecule has 4 nitrogen and oxygen atoms in total. The highest BCUT2D eigenvalue weighted by Gasteiger charge is 2.44. The summed E-state index contributed by atoms with van der Waals surface area (Å²) in [5.41, 5.74) is 2.01. The number of carbonyl (C=O) groups is 2. The average Bonchev–Trinajstić information content (AvgIpc) is 2.92. The van der Waals surface area contributed by atoms with Gasteiger partial charge in [-0.1, -0.05) is 60.7 Å². The maximum absolute atomic E-state index is 12.5. The molecule has 0 aromatic heterocycles. The van der Waals surface area contributed by atoms with E-state index in [-0.39, 0.29) is 24.3 Å². The Kier molecular flexibility index (Phi) is 4.42. The van der Waals surface area contributed by atoms with Crippen molar-refractivity contribution in [2.75, 3.05) is 7.11 Å². The van der Waals surface area contributed by atoms with E-state index in [1.807, 2.05) is 60.7 Å². The predicted molar refractivity (Wildman–Crippen MR) is 86.3 cm³/mol. The van der Waals surface area contributed by atoms with Gasteiger partial charge >= 0.3 is 5.97 Å². The molecule has 0 spiro atoms. The Bertz CT molecular complexity index is 684. The molecule has 23 heavy (non-hydrogen) atoms. The fourth-order valence-corrected chi connectivity index (χ4v) is 3.18. The lowest BCUT2D eigenvalue weighted by atomic mass is 9.93. The minimum Gasteiger partial charge on any atom is -0.469 e. The van der Waals surface area contributed by atoms with Crippen molar-refractivity contribution in [3.63, 3.8) is 0 Å². The van der Waals surface area contributed by atoms with Gasteiger partial charge in [0.1, 0.15) is 0 Å². The van der Waals surface area contributed by atoms with Gasteiger partial charge in [-0.2, -0.15) is 0 Å². The lowest BCUT2D eigenvalue weighted by molar-refractivity contribution is -0.146. The minimum absolute atomic E-state index is 0.0156. The Morgan fingerprint density at radius 2 is 1.70 bits per heavy atom. The molecule has 0 bridgehead atoms. The van der Waals surface area contributed by atoms with Crippen LogP contribution in [0.5, 0.6) is 0 Å². The zero-order valence-electron chi connectivity index (χ0n) is 13.0. The van der Waals surface area contributed by atoms with Gasteiger partial charge in [-0.15, -0.1) is 0 Å². The van der Waals surface area contributed by atoms with Gasteiger partial charge in [0.05, 0.1) is 19.1 Å². The van der Waals surface area contributed by atoms with E-state index in [4.69, 9.17) is 4.74 Å². The van der Waals surface area contributed by atoms with Gasteiger partial charge in [-0.3, -0.25) is 9.59 Å². The monoisotopic (exact) mass is 309 g/mol. The van der Waals surface area contributed by atoms with E-state index in [2.05, 4.69) is 0 Å². The first-order valence-electron chi connectivity index (χ1n) is 7.67. The fraction of sp³-hybridized carbons (Fsp3) is 0.263. The molecule has 1 aliphatic heterocycles. The SMILES string of the molecule is COC(=O)[C@H]1CC(=O)N(Cc2ccccc2)[C@@H]1c1ccccc1. The second-order valence-corrected chi connectivity index (χ2v) is 5.70. The van der Waals surface area contributed by atoms with Crippen LogP contribution in [-0.2, 0) is 20.9 Å². The van der Waals surface area contributed by atoms with Crippen molar-refractivity contribution in [2.45, 2.75) is 19.0 Å². The zero-order valence-corrected chi connectivity index (χ0v) is 13.0. The number of nitrogens with zero attached hydrogens (tertiary/aromatic N) is 1. The lowest BCUT2D eigenvalue weighted by Gasteiger charge is -2.28. The summed E-state index contributed by atoms with van der Waals surface area (Å²) in [5, 5.41) is 0. The Labute approximate surface area is 135 Å². The summed E-state index contributed by atoms with van der Waals surface area (Å²) in [6.45, 7) is 0.493. The van der Waals surface area contributed by atoms with Crippen LogP contribution in [0.3, 0.4) is 0 Å². The molecule has 0 saturated carbocycles. The molecule has 2 atom stereocenters. The van der Waals surface area contributed by atoms with Crippen molar-refractivity contribution < 1.29 is 14.3 Å². The summed E-state index contributed by atoms with van der Waals surface area (Å²) in [5.74, 6) is -0.806. The molecule has 0 radical (unpaired) electrons. The first kappa shape index (κ1) is 15.3. The molecule has 1 heterocycles. The van der Waals surface area contributed by atoms with Crippen LogP contribution in [0.1, 0.15) is 23.6 Å². The number of likely N-dealkylation sites (tertiary alicyclic amines) is 1. The molecule has 1 aliphatic rings. The van der Waals surface area contributed by atoms with Gasteiger partial charge < -0.3 is 9.64 Å². The summed E-state index contributed by atoms with van der Waals surface area (Å²) in [4.78, 5) is 26.4. The van der Waals surface area contributed by atoms with Gasteiger partial charge in [-0.25, -0.2) is 0 Å². The Balaban J connectivity index is 1.95. The minimum atomic E-state index is -0.460. The van der Waals surface area contributed by atoms with Gasteiger partial charge in [0.15, 0.2) is 0 Å². The second kappa shape index (κ2) is 6.65. The van der Waals surface area contributed by atoms with Crippen molar-refractivity contribution in [3.8, 4) is 0 Å². The first-order valence-corrected chi connectivity index (χ1v) is 7.67. The molecule has 118 valence electrons. The zero-order chi connectivity index (χ0) is 16.2. The van der Waals surface area contributed by atoms with Crippen molar-refractivity contribution in [2.24, 2.45) is 5.92 Å². The summed E-state index contributed by atoms with van der Waals surface area (Å²) in [6.07, 6.45) is 0.194. The molecule has 1 amide bonds. The molecule has 3 rings (SSSR count). The van der Waals surface area contributed by atoms with Crippen LogP contribution in [0, 0.1) is 5.92 Å². The highest BCUT2D eigenvalue weighted by molar-refractivity contribution is 5.88. The third-order valence-electron chi connectivity index (χ3n) is 4.27. The number of hydrogen-bond acceptors (Lipinski definition) is 3. The van der Waals surface area contributed by atoms with E-state index in [0.717, 1.165) is 11.1 Å². The predicted octanol–water partition coefficient (Wildman–Crippen LogP) is 2.95. The second-order valence-electron chi connectivity index (χ2n) is 5.70. The largest absolute Gasteiger partial charge is 0.469 e. The van der Waals surface area contributed by atoms with Crippen LogP contribution < -0.4 is 0 Å². The van der Waals surface area contributed by atoms with Gasteiger partial charge in [0, 0.05) is 13.0 Å². The number of methoxy groups -OCH3 is 1. The van der Waals surface area contributed by atoms with Crippen LogP contribution in [0.2, 0.25) is 0 Å². The molecule has 0 unspecified atom stereocenters. The standard InChI is InChI=1S/C19H19NO3/c1-23-19(22)16-12-17(21)20(13-14-8-4-2-5-9-14)18(16)15-10-6-3-7-11-15/h2-11,16,18H,12-13H2,1H3/t16-,18+/m0/s1. The molecule has 1 fully saturated rings. The number of benzene rings is 2. The smallest absolute Gasteiger partial charge is 0.311 e. The van der Waals surface area contributed by atoms with Crippen molar-refractivity contribution in [1.82, 2.24) is 4.90 Å². The molecular formula is C19H19NO3. The molecule has 2 aromatic carbocycles. The lowest BCUT2D eigenvalue weighted by Crippen LogP contribution is -2.30. The van der Waals surface area contributed by atoms with E-state index >= 15 is 0 Å². The normalized spacial score (nSPS) is 20.6. The third kappa shape index (κ3) is 3.11. The third-order valence-corrected chi connectivity index (χ3v) is 4.27. The summed E-state index contributed by atoms with van der Waals surface area (Å²) in [6, 6.07) is 19.2. The van der Waals surface area contributed by atoms with Crippen molar-refractivity contribution >= 4 is 11.9 Å². The van der Waals surface area contributed by atoms with Gasteiger partial charge in [-0.05, 0) is 11.1 Å². The Hall–Kier alpha value is -2.62. The van der Waals surface area contributed by atoms with E-state index in [9.17, 15) is 9.59 Å². The quantitative estimate of drug-likeness (QED) is 0.816. The van der Waals surface area contributed by atoms with Crippen LogP contribution in [0.4, 0.5) is 0 Å². The summed E-state index contributed by atoms with van der Waals surface area (Å²) >= 11 is 0. The van der Waals surface area contributed by atoms with E-state index in [0.29, 0.717) is 6.54 Å². The van der Waals surface area contributed by atoms with Gasteiger partial charge in [0.25, 0.3) is 0 Å². The fourth-order valence-electron chi connectivity index (χ4n) is 3.18. The Morgan fingerprint density at radius 3 is 2.30 bits per heavy atom.